The molecular weight excluding hydrogens is 264 g/mol. The number of hydrogen-bond acceptors (Lipinski definition) is 3. The number of nitrogens with two attached hydrogens (primary N) is 2. The van der Waals surface area contributed by atoms with Crippen LogP contribution in [-0.2, 0) is 0 Å². The van der Waals surface area contributed by atoms with Gasteiger partial charge in [0, 0.05) is 6.04 Å². The molecule has 2 aromatic rings. The van der Waals surface area contributed by atoms with Gasteiger partial charge in [-0.15, -0.1) is 0 Å². The smallest absolute Gasteiger partial charge is 0.252 e. The van der Waals surface area contributed by atoms with Crippen LogP contribution >= 0.6 is 0 Å². The van der Waals surface area contributed by atoms with Gasteiger partial charge in [-0.1, -0.05) is 42.0 Å². The maximum absolute atomic E-state index is 11.5. The number of rotatable bonds is 5. The molecule has 110 valence electrons. The predicted molar refractivity (Wildman–Crippen MR) is 83.2 cm³/mol. The van der Waals surface area contributed by atoms with Gasteiger partial charge in [-0.05, 0) is 31.5 Å². The lowest BCUT2D eigenvalue weighted by atomic mass is 10.0. The van der Waals surface area contributed by atoms with Gasteiger partial charge in [-0.2, -0.15) is 0 Å². The minimum atomic E-state index is -0.516. The Morgan fingerprint density at radius 3 is 2.29 bits per heavy atom. The van der Waals surface area contributed by atoms with Gasteiger partial charge in [0.15, 0.2) is 0 Å². The number of ether oxygens (including phenoxy) is 1. The molecule has 0 heterocycles. The Morgan fingerprint density at radius 2 is 1.71 bits per heavy atom. The van der Waals surface area contributed by atoms with Crippen molar-refractivity contribution in [3.63, 3.8) is 0 Å². The maximum Gasteiger partial charge on any atom is 0.252 e. The van der Waals surface area contributed by atoms with Crippen LogP contribution in [0.2, 0.25) is 0 Å². The summed E-state index contributed by atoms with van der Waals surface area (Å²) in [5, 5.41) is 0. The third-order valence-electron chi connectivity index (χ3n) is 3.29. The highest BCUT2D eigenvalue weighted by Crippen LogP contribution is 2.27. The molecule has 0 radical (unpaired) electrons. The van der Waals surface area contributed by atoms with Crippen LogP contribution in [-0.4, -0.2) is 11.9 Å². The van der Waals surface area contributed by atoms with Crippen LogP contribution in [0.3, 0.4) is 0 Å². The number of amides is 1. The van der Waals surface area contributed by atoms with E-state index in [1.165, 1.54) is 5.56 Å². The highest BCUT2D eigenvalue weighted by Gasteiger charge is 2.20. The largest absolute Gasteiger partial charge is 0.483 e. The van der Waals surface area contributed by atoms with Crippen molar-refractivity contribution in [2.75, 3.05) is 0 Å². The van der Waals surface area contributed by atoms with E-state index in [1.807, 2.05) is 38.1 Å². The number of benzene rings is 2. The van der Waals surface area contributed by atoms with E-state index in [2.05, 4.69) is 0 Å². The maximum atomic E-state index is 11.5. The molecule has 0 bridgehead atoms. The molecule has 2 unspecified atom stereocenters. The molecule has 2 rings (SSSR count). The first-order valence-electron chi connectivity index (χ1n) is 6.86. The van der Waals surface area contributed by atoms with Crippen molar-refractivity contribution < 1.29 is 9.53 Å². The van der Waals surface area contributed by atoms with Gasteiger partial charge in [0.1, 0.15) is 11.9 Å². The van der Waals surface area contributed by atoms with Gasteiger partial charge in [0.25, 0.3) is 5.91 Å². The second-order valence-electron chi connectivity index (χ2n) is 5.17. The summed E-state index contributed by atoms with van der Waals surface area (Å²) >= 11 is 0. The molecule has 0 aliphatic carbocycles. The van der Waals surface area contributed by atoms with Crippen LogP contribution in [0.15, 0.2) is 48.5 Å². The molecule has 0 saturated carbocycles. The second-order valence-corrected chi connectivity index (χ2v) is 5.17. The summed E-state index contributed by atoms with van der Waals surface area (Å²) < 4.78 is 5.97. The molecule has 2 atom stereocenters. The predicted octanol–water partition coefficient (Wildman–Crippen LogP) is 2.56. The zero-order chi connectivity index (χ0) is 15.4. The van der Waals surface area contributed by atoms with E-state index in [9.17, 15) is 4.79 Å². The molecule has 2 aromatic carbocycles. The van der Waals surface area contributed by atoms with Crippen molar-refractivity contribution in [1.82, 2.24) is 0 Å². The first kappa shape index (κ1) is 15.1. The zero-order valence-electron chi connectivity index (χ0n) is 12.2. The Kier molecular flexibility index (Phi) is 4.60. The molecule has 4 N–H and O–H groups in total. The van der Waals surface area contributed by atoms with Crippen LogP contribution in [0.25, 0.3) is 0 Å². The second kappa shape index (κ2) is 6.41. The van der Waals surface area contributed by atoms with Gasteiger partial charge in [-0.25, -0.2) is 0 Å². The van der Waals surface area contributed by atoms with Gasteiger partial charge in [0.05, 0.1) is 5.56 Å². The van der Waals surface area contributed by atoms with Crippen LogP contribution < -0.4 is 16.2 Å². The van der Waals surface area contributed by atoms with E-state index in [0.29, 0.717) is 11.3 Å². The fraction of sp³-hybridized carbons (Fsp3) is 0.235. The topological polar surface area (TPSA) is 78.3 Å². The molecule has 0 aliphatic heterocycles. The van der Waals surface area contributed by atoms with E-state index in [-0.39, 0.29) is 12.1 Å². The van der Waals surface area contributed by atoms with Crippen molar-refractivity contribution in [3.8, 4) is 5.75 Å². The van der Waals surface area contributed by atoms with Crippen LogP contribution in [0, 0.1) is 6.92 Å². The highest BCUT2D eigenvalue weighted by atomic mass is 16.5. The van der Waals surface area contributed by atoms with Crippen molar-refractivity contribution in [1.29, 1.82) is 0 Å². The molecule has 0 aromatic heterocycles. The Bertz CT molecular complexity index is 621. The fourth-order valence-corrected chi connectivity index (χ4v) is 2.14. The van der Waals surface area contributed by atoms with Crippen molar-refractivity contribution in [2.45, 2.75) is 26.0 Å². The summed E-state index contributed by atoms with van der Waals surface area (Å²) in [6.07, 6.45) is -0.342. The number of aryl methyl sites for hydroxylation is 1. The molecule has 0 saturated heterocycles. The molecule has 0 spiro atoms. The Balaban J connectivity index is 2.33. The summed E-state index contributed by atoms with van der Waals surface area (Å²) in [5.74, 6) is -0.0641. The summed E-state index contributed by atoms with van der Waals surface area (Å²) in [7, 11) is 0. The van der Waals surface area contributed by atoms with E-state index >= 15 is 0 Å². The molecule has 21 heavy (non-hydrogen) atoms. The molecule has 0 aliphatic rings. The highest BCUT2D eigenvalue weighted by molar-refractivity contribution is 5.95. The Hall–Kier alpha value is -2.33. The number of hydrogen-bond donors (Lipinski definition) is 2. The third-order valence-corrected chi connectivity index (χ3v) is 3.29. The Labute approximate surface area is 124 Å². The molecular formula is C17H20N2O2. The van der Waals surface area contributed by atoms with E-state index < -0.39 is 5.91 Å². The average molecular weight is 284 g/mol. The summed E-state index contributed by atoms with van der Waals surface area (Å²) in [5.41, 5.74) is 13.9. The number of carbonyl (C=O) groups is 1. The number of para-hydroxylation sites is 1. The minimum Gasteiger partial charge on any atom is -0.483 e. The summed E-state index contributed by atoms with van der Waals surface area (Å²) in [6, 6.07) is 14.7. The van der Waals surface area contributed by atoms with E-state index in [4.69, 9.17) is 16.2 Å². The van der Waals surface area contributed by atoms with Gasteiger partial charge >= 0.3 is 0 Å². The van der Waals surface area contributed by atoms with Gasteiger partial charge in [0.2, 0.25) is 0 Å². The van der Waals surface area contributed by atoms with E-state index in [1.54, 1.807) is 24.3 Å². The third kappa shape index (κ3) is 3.61. The van der Waals surface area contributed by atoms with E-state index in [0.717, 1.165) is 5.56 Å². The molecule has 4 nitrogen and oxygen atoms in total. The molecule has 0 fully saturated rings. The number of primary amides is 1. The monoisotopic (exact) mass is 284 g/mol. The first-order valence-corrected chi connectivity index (χ1v) is 6.86. The molecule has 4 heteroatoms. The quantitative estimate of drug-likeness (QED) is 0.885. The van der Waals surface area contributed by atoms with Gasteiger partial charge in [-0.3, -0.25) is 4.79 Å². The SMILES string of the molecule is Cc1ccc(C(Oc2ccccc2C(N)=O)C(C)N)cc1. The number of carbonyl (C=O) groups excluding carboxylic acids is 1. The summed E-state index contributed by atoms with van der Waals surface area (Å²) in [4.78, 5) is 11.5. The summed E-state index contributed by atoms with van der Waals surface area (Å²) in [6.45, 7) is 3.89. The van der Waals surface area contributed by atoms with Crippen LogP contribution in [0.4, 0.5) is 0 Å². The van der Waals surface area contributed by atoms with Crippen molar-refractivity contribution >= 4 is 5.91 Å². The van der Waals surface area contributed by atoms with Crippen LogP contribution in [0.1, 0.15) is 34.5 Å². The van der Waals surface area contributed by atoms with Gasteiger partial charge < -0.3 is 16.2 Å². The lowest BCUT2D eigenvalue weighted by molar-refractivity contribution is 0.0990. The van der Waals surface area contributed by atoms with Crippen molar-refractivity contribution in [2.24, 2.45) is 11.5 Å². The average Bonchev–Trinajstić information content (AvgIpc) is 2.46. The minimum absolute atomic E-state index is 0.228. The van der Waals surface area contributed by atoms with Crippen molar-refractivity contribution in [3.05, 3.63) is 65.2 Å². The standard InChI is InChI=1S/C17H20N2O2/c1-11-7-9-13(10-8-11)16(12(2)18)21-15-6-4-3-5-14(15)17(19)20/h3-10,12,16H,18H2,1-2H3,(H2,19,20). The lowest BCUT2D eigenvalue weighted by Gasteiger charge is -2.24. The lowest BCUT2D eigenvalue weighted by Crippen LogP contribution is -2.29. The Morgan fingerprint density at radius 1 is 1.10 bits per heavy atom. The normalized spacial score (nSPS) is 13.5. The molecule has 1 amide bonds. The van der Waals surface area contributed by atoms with Crippen LogP contribution in [0.5, 0.6) is 5.75 Å². The fourth-order valence-electron chi connectivity index (χ4n) is 2.14. The zero-order valence-corrected chi connectivity index (χ0v) is 12.2. The first-order chi connectivity index (χ1) is 9.99.